The van der Waals surface area contributed by atoms with Crippen LogP contribution < -0.4 is 0 Å². The number of rotatable bonds is 2. The van der Waals surface area contributed by atoms with Crippen molar-refractivity contribution in [2.75, 3.05) is 13.6 Å². The molecule has 3 saturated carbocycles. The molecule has 2 heteroatoms. The van der Waals surface area contributed by atoms with Gasteiger partial charge in [-0.25, -0.2) is 0 Å². The number of nitriles is 1. The van der Waals surface area contributed by atoms with Crippen molar-refractivity contribution in [2.45, 2.75) is 84.6 Å². The minimum atomic E-state index is 0.515. The first-order valence-corrected chi connectivity index (χ1v) is 11.0. The molecule has 0 spiro atoms. The summed E-state index contributed by atoms with van der Waals surface area (Å²) < 4.78 is 0. The van der Waals surface area contributed by atoms with Gasteiger partial charge in [0.2, 0.25) is 0 Å². The van der Waals surface area contributed by atoms with Crippen molar-refractivity contribution in [1.29, 1.82) is 5.26 Å². The highest BCUT2D eigenvalue weighted by Crippen LogP contribution is 2.67. The first-order valence-electron chi connectivity index (χ1n) is 11.0. The molecule has 3 aliphatic carbocycles. The number of hydrogen-bond donors (Lipinski definition) is 0. The Morgan fingerprint density at radius 2 is 1.80 bits per heavy atom. The lowest BCUT2D eigenvalue weighted by Gasteiger charge is -2.62. The molecule has 0 aromatic rings. The maximum atomic E-state index is 9.20. The van der Waals surface area contributed by atoms with Crippen molar-refractivity contribution >= 4 is 0 Å². The zero-order valence-corrected chi connectivity index (χ0v) is 16.9. The molecule has 1 saturated heterocycles. The molecule has 25 heavy (non-hydrogen) atoms. The minimum absolute atomic E-state index is 0.515. The molecule has 2 nitrogen and oxygen atoms in total. The Morgan fingerprint density at radius 1 is 1.04 bits per heavy atom. The van der Waals surface area contributed by atoms with E-state index < -0.39 is 0 Å². The SMILES string of the molecule is C[C@H](CC#N)[C@H]1CC[C@H]2[C@@H]3CC[C@H]4N(C)CCC[C@]4(C)[C@H]3CC[C@]12C. The highest BCUT2D eigenvalue weighted by molar-refractivity contribution is 5.11. The van der Waals surface area contributed by atoms with Crippen LogP contribution in [0.5, 0.6) is 0 Å². The lowest BCUT2D eigenvalue weighted by atomic mass is 9.46. The van der Waals surface area contributed by atoms with E-state index in [1.54, 1.807) is 0 Å². The Bertz CT molecular complexity index is 551. The van der Waals surface area contributed by atoms with E-state index in [1.165, 1.54) is 57.9 Å². The van der Waals surface area contributed by atoms with Crippen LogP contribution in [0.1, 0.15) is 78.6 Å². The van der Waals surface area contributed by atoms with E-state index in [4.69, 9.17) is 0 Å². The van der Waals surface area contributed by atoms with E-state index in [2.05, 4.69) is 38.8 Å². The average Bonchev–Trinajstić information content (AvgIpc) is 2.92. The van der Waals surface area contributed by atoms with E-state index >= 15 is 0 Å². The van der Waals surface area contributed by atoms with Crippen molar-refractivity contribution in [1.82, 2.24) is 4.90 Å². The normalized spacial score (nSPS) is 51.1. The number of nitrogens with zero attached hydrogens (tertiary/aromatic N) is 2. The van der Waals surface area contributed by atoms with E-state index in [1.807, 2.05) is 0 Å². The molecule has 140 valence electrons. The molecule has 0 aromatic carbocycles. The van der Waals surface area contributed by atoms with Crippen LogP contribution in [0, 0.1) is 51.8 Å². The number of likely N-dealkylation sites (tertiary alicyclic amines) is 1. The number of piperidine rings is 1. The summed E-state index contributed by atoms with van der Waals surface area (Å²) in [7, 11) is 2.38. The fraction of sp³-hybridized carbons (Fsp3) is 0.957. The zero-order chi connectivity index (χ0) is 17.8. The molecule has 4 fully saturated rings. The van der Waals surface area contributed by atoms with Crippen LogP contribution in [0.25, 0.3) is 0 Å². The van der Waals surface area contributed by atoms with Gasteiger partial charge in [-0.05, 0) is 105 Å². The molecular weight excluding hydrogens is 304 g/mol. The van der Waals surface area contributed by atoms with E-state index in [9.17, 15) is 5.26 Å². The summed E-state index contributed by atoms with van der Waals surface area (Å²) in [5, 5.41) is 9.20. The van der Waals surface area contributed by atoms with Gasteiger partial charge < -0.3 is 4.90 Å². The third-order valence-electron chi connectivity index (χ3n) is 9.75. The summed E-state index contributed by atoms with van der Waals surface area (Å²) in [4.78, 5) is 2.69. The predicted octanol–water partition coefficient (Wildman–Crippen LogP) is 5.49. The molecule has 4 rings (SSSR count). The molecule has 0 N–H and O–H groups in total. The first kappa shape index (κ1) is 17.8. The van der Waals surface area contributed by atoms with Gasteiger partial charge in [0.05, 0.1) is 6.07 Å². The summed E-state index contributed by atoms with van der Waals surface area (Å²) in [6.45, 7) is 8.92. The smallest absolute Gasteiger partial charge is 0.0624 e. The third-order valence-corrected chi connectivity index (χ3v) is 9.75. The van der Waals surface area contributed by atoms with Crippen LogP contribution in [-0.2, 0) is 0 Å². The molecule has 0 bridgehead atoms. The van der Waals surface area contributed by atoms with E-state index in [-0.39, 0.29) is 0 Å². The van der Waals surface area contributed by atoms with Gasteiger partial charge in [0.15, 0.2) is 0 Å². The van der Waals surface area contributed by atoms with Crippen LogP contribution in [0.4, 0.5) is 0 Å². The fourth-order valence-corrected chi connectivity index (χ4v) is 8.64. The molecule has 0 aromatic heterocycles. The molecular formula is C23H38N2. The summed E-state index contributed by atoms with van der Waals surface area (Å²) in [6, 6.07) is 3.29. The fourth-order valence-electron chi connectivity index (χ4n) is 8.64. The maximum absolute atomic E-state index is 9.20. The third kappa shape index (κ3) is 2.52. The maximum Gasteiger partial charge on any atom is 0.0624 e. The molecule has 8 atom stereocenters. The Hall–Kier alpha value is -0.550. The van der Waals surface area contributed by atoms with Gasteiger partial charge in [0.25, 0.3) is 0 Å². The molecule has 0 radical (unpaired) electrons. The standard InChI is InChI=1S/C23H38N2/c1-16(11-14-24)18-7-8-19-17-6-9-21-23(3,12-5-15-25(21)4)20(17)10-13-22(18,19)2/h16-21H,5-13,15H2,1-4H3/t16-,17+,18-,19+,20+,21-,22-,23-/m1/s1. The first-order chi connectivity index (χ1) is 11.9. The van der Waals surface area contributed by atoms with E-state index in [0.717, 1.165) is 36.1 Å². The largest absolute Gasteiger partial charge is 0.303 e. The second kappa shape index (κ2) is 6.26. The quantitative estimate of drug-likeness (QED) is 0.663. The second-order valence-corrected chi connectivity index (χ2v) is 10.6. The molecule has 0 amide bonds. The van der Waals surface area contributed by atoms with Gasteiger partial charge in [0, 0.05) is 12.5 Å². The van der Waals surface area contributed by atoms with Gasteiger partial charge in [-0.2, -0.15) is 5.26 Å². The summed E-state index contributed by atoms with van der Waals surface area (Å²) in [5.74, 6) is 4.23. The van der Waals surface area contributed by atoms with Gasteiger partial charge in [0.1, 0.15) is 0 Å². The highest BCUT2D eigenvalue weighted by atomic mass is 15.2. The van der Waals surface area contributed by atoms with Crippen LogP contribution in [0.3, 0.4) is 0 Å². The molecule has 4 aliphatic rings. The van der Waals surface area contributed by atoms with Crippen molar-refractivity contribution < 1.29 is 0 Å². The monoisotopic (exact) mass is 342 g/mol. The average molecular weight is 343 g/mol. The van der Waals surface area contributed by atoms with Crippen molar-refractivity contribution in [3.63, 3.8) is 0 Å². The van der Waals surface area contributed by atoms with Crippen LogP contribution in [0.15, 0.2) is 0 Å². The van der Waals surface area contributed by atoms with Gasteiger partial charge in [-0.1, -0.05) is 20.8 Å². The Balaban J connectivity index is 1.59. The minimum Gasteiger partial charge on any atom is -0.303 e. The van der Waals surface area contributed by atoms with Gasteiger partial charge in [-0.15, -0.1) is 0 Å². The summed E-state index contributed by atoms with van der Waals surface area (Å²) in [6.07, 6.45) is 12.2. The molecule has 1 aliphatic heterocycles. The van der Waals surface area contributed by atoms with Crippen molar-refractivity contribution in [2.24, 2.45) is 40.4 Å². The Labute approximate surface area is 155 Å². The number of fused-ring (bicyclic) bond motifs is 5. The second-order valence-electron chi connectivity index (χ2n) is 10.6. The number of hydrogen-bond acceptors (Lipinski definition) is 2. The van der Waals surface area contributed by atoms with E-state index in [0.29, 0.717) is 16.7 Å². The summed E-state index contributed by atoms with van der Waals surface area (Å²) in [5.41, 5.74) is 1.08. The lowest BCUT2D eigenvalue weighted by molar-refractivity contribution is -0.125. The van der Waals surface area contributed by atoms with Crippen molar-refractivity contribution in [3.8, 4) is 6.07 Å². The predicted molar refractivity (Wildman–Crippen MR) is 103 cm³/mol. The van der Waals surface area contributed by atoms with Gasteiger partial charge >= 0.3 is 0 Å². The van der Waals surface area contributed by atoms with Gasteiger partial charge in [-0.3, -0.25) is 0 Å². The van der Waals surface area contributed by atoms with Crippen LogP contribution in [0.2, 0.25) is 0 Å². The van der Waals surface area contributed by atoms with Crippen LogP contribution >= 0.6 is 0 Å². The Morgan fingerprint density at radius 3 is 2.56 bits per heavy atom. The highest BCUT2D eigenvalue weighted by Gasteiger charge is 2.60. The van der Waals surface area contributed by atoms with Crippen molar-refractivity contribution in [3.05, 3.63) is 0 Å². The molecule has 1 heterocycles. The Kier molecular flexibility index (Phi) is 4.47. The lowest BCUT2D eigenvalue weighted by Crippen LogP contribution is -2.60. The zero-order valence-electron chi connectivity index (χ0n) is 16.9. The summed E-state index contributed by atoms with van der Waals surface area (Å²) >= 11 is 0. The topological polar surface area (TPSA) is 27.0 Å². The molecule has 0 unspecified atom stereocenters. The van der Waals surface area contributed by atoms with Crippen LogP contribution in [-0.4, -0.2) is 24.5 Å².